The molecular formula is C15H12FN3O. The number of fused-ring (bicyclic) bond motifs is 2. The number of ether oxygens (including phenoxy) is 1. The predicted molar refractivity (Wildman–Crippen MR) is 74.2 cm³/mol. The zero-order valence-electron chi connectivity index (χ0n) is 10.6. The van der Waals surface area contributed by atoms with Crippen molar-refractivity contribution < 1.29 is 9.13 Å². The van der Waals surface area contributed by atoms with Crippen LogP contribution >= 0.6 is 0 Å². The highest BCUT2D eigenvalue weighted by Gasteiger charge is 2.20. The first-order chi connectivity index (χ1) is 9.79. The molecule has 1 aliphatic heterocycles. The highest BCUT2D eigenvalue weighted by Crippen LogP contribution is 2.28. The van der Waals surface area contributed by atoms with E-state index in [0.717, 1.165) is 28.3 Å². The molecule has 0 saturated heterocycles. The molecule has 0 amide bonds. The summed E-state index contributed by atoms with van der Waals surface area (Å²) in [4.78, 5) is 9.73. The van der Waals surface area contributed by atoms with Crippen molar-refractivity contribution in [2.24, 2.45) is 0 Å². The maximum absolute atomic E-state index is 13.3. The highest BCUT2D eigenvalue weighted by atomic mass is 19.1. The van der Waals surface area contributed by atoms with Crippen LogP contribution in [0.15, 0.2) is 42.5 Å². The number of nitrogens with one attached hydrogen (secondary N) is 1. The highest BCUT2D eigenvalue weighted by molar-refractivity contribution is 5.77. The van der Waals surface area contributed by atoms with Crippen LogP contribution in [0.5, 0.6) is 5.75 Å². The largest absolute Gasteiger partial charge is 0.473 e. The lowest BCUT2D eigenvalue weighted by atomic mass is 10.1. The summed E-state index contributed by atoms with van der Waals surface area (Å²) >= 11 is 0. The van der Waals surface area contributed by atoms with E-state index in [0.29, 0.717) is 13.3 Å². The van der Waals surface area contributed by atoms with Gasteiger partial charge in [0.2, 0.25) is 5.95 Å². The minimum Gasteiger partial charge on any atom is -0.473 e. The van der Waals surface area contributed by atoms with Crippen molar-refractivity contribution in [3.8, 4) is 5.75 Å². The van der Waals surface area contributed by atoms with E-state index in [-0.39, 0.29) is 5.82 Å². The molecule has 100 valence electrons. The number of para-hydroxylation sites is 2. The Kier molecular flexibility index (Phi) is 2.39. The third-order valence-electron chi connectivity index (χ3n) is 3.44. The standard InChI is InChI=1S/C15H12FN3O/c16-11-5-6-14-10(7-11)8-19(9-20-14)15-17-12-3-1-2-4-13(12)18-15/h1-7H,8-9H2,(H,17,18). The molecule has 4 rings (SSSR count). The summed E-state index contributed by atoms with van der Waals surface area (Å²) in [7, 11) is 0. The molecular weight excluding hydrogens is 257 g/mol. The lowest BCUT2D eigenvalue weighted by Crippen LogP contribution is -2.32. The molecule has 0 bridgehead atoms. The van der Waals surface area contributed by atoms with Crippen LogP contribution in [0, 0.1) is 5.82 Å². The van der Waals surface area contributed by atoms with Gasteiger partial charge in [-0.25, -0.2) is 9.37 Å². The van der Waals surface area contributed by atoms with Gasteiger partial charge in [-0.2, -0.15) is 0 Å². The second kappa shape index (κ2) is 4.23. The number of aromatic nitrogens is 2. The molecule has 3 aromatic rings. The maximum atomic E-state index is 13.3. The van der Waals surface area contributed by atoms with E-state index >= 15 is 0 Å². The zero-order valence-corrected chi connectivity index (χ0v) is 10.6. The number of rotatable bonds is 1. The Hall–Kier alpha value is -2.56. The molecule has 0 fully saturated rings. The second-order valence-corrected chi connectivity index (χ2v) is 4.80. The first-order valence-electron chi connectivity index (χ1n) is 6.40. The number of hydrogen-bond donors (Lipinski definition) is 1. The topological polar surface area (TPSA) is 41.2 Å². The van der Waals surface area contributed by atoms with Gasteiger partial charge in [0, 0.05) is 5.56 Å². The molecule has 2 aromatic carbocycles. The van der Waals surface area contributed by atoms with E-state index in [1.165, 1.54) is 12.1 Å². The van der Waals surface area contributed by atoms with Gasteiger partial charge in [-0.15, -0.1) is 0 Å². The van der Waals surface area contributed by atoms with Gasteiger partial charge in [0.1, 0.15) is 11.6 Å². The average Bonchev–Trinajstić information content (AvgIpc) is 2.90. The van der Waals surface area contributed by atoms with Crippen LogP contribution < -0.4 is 9.64 Å². The van der Waals surface area contributed by atoms with Crippen molar-refractivity contribution >= 4 is 17.0 Å². The molecule has 0 aliphatic carbocycles. The summed E-state index contributed by atoms with van der Waals surface area (Å²) in [5.74, 6) is 1.22. The summed E-state index contributed by atoms with van der Waals surface area (Å²) < 4.78 is 18.9. The van der Waals surface area contributed by atoms with Gasteiger partial charge in [0.15, 0.2) is 6.73 Å². The van der Waals surface area contributed by atoms with E-state index < -0.39 is 0 Å². The minimum atomic E-state index is -0.251. The fraction of sp³-hybridized carbons (Fsp3) is 0.133. The van der Waals surface area contributed by atoms with Gasteiger partial charge in [0.25, 0.3) is 0 Å². The number of nitrogens with zero attached hydrogens (tertiary/aromatic N) is 2. The number of imidazole rings is 1. The predicted octanol–water partition coefficient (Wildman–Crippen LogP) is 3.06. The van der Waals surface area contributed by atoms with Crippen LogP contribution in [0.4, 0.5) is 10.3 Å². The molecule has 2 heterocycles. The lowest BCUT2D eigenvalue weighted by molar-refractivity contribution is 0.286. The van der Waals surface area contributed by atoms with E-state index in [9.17, 15) is 4.39 Å². The van der Waals surface area contributed by atoms with Gasteiger partial charge in [-0.3, -0.25) is 0 Å². The van der Waals surface area contributed by atoms with E-state index in [4.69, 9.17) is 4.74 Å². The molecule has 0 unspecified atom stereocenters. The van der Waals surface area contributed by atoms with Crippen LogP contribution in [-0.4, -0.2) is 16.7 Å². The number of hydrogen-bond acceptors (Lipinski definition) is 3. The fourth-order valence-electron chi connectivity index (χ4n) is 2.44. The summed E-state index contributed by atoms with van der Waals surface area (Å²) in [6.07, 6.45) is 0. The zero-order chi connectivity index (χ0) is 13.5. The quantitative estimate of drug-likeness (QED) is 0.738. The van der Waals surface area contributed by atoms with Gasteiger partial charge in [-0.05, 0) is 30.3 Å². The van der Waals surface area contributed by atoms with Crippen LogP contribution in [0.1, 0.15) is 5.56 Å². The lowest BCUT2D eigenvalue weighted by Gasteiger charge is -2.28. The monoisotopic (exact) mass is 269 g/mol. The van der Waals surface area contributed by atoms with Gasteiger partial charge < -0.3 is 14.6 Å². The Balaban J connectivity index is 1.70. The fourth-order valence-corrected chi connectivity index (χ4v) is 2.44. The summed E-state index contributed by atoms with van der Waals surface area (Å²) in [5, 5.41) is 0. The number of benzene rings is 2. The Labute approximate surface area is 114 Å². The van der Waals surface area contributed by atoms with E-state index in [1.54, 1.807) is 6.07 Å². The van der Waals surface area contributed by atoms with Gasteiger partial charge >= 0.3 is 0 Å². The smallest absolute Gasteiger partial charge is 0.206 e. The van der Waals surface area contributed by atoms with E-state index in [1.807, 2.05) is 29.2 Å². The molecule has 1 N–H and O–H groups in total. The van der Waals surface area contributed by atoms with Crippen LogP contribution in [-0.2, 0) is 6.54 Å². The Morgan fingerprint density at radius 3 is 3.00 bits per heavy atom. The molecule has 0 saturated carbocycles. The molecule has 5 heteroatoms. The molecule has 0 radical (unpaired) electrons. The minimum absolute atomic E-state index is 0.251. The summed E-state index contributed by atoms with van der Waals surface area (Å²) in [6, 6.07) is 12.4. The first kappa shape index (κ1) is 11.3. The normalized spacial score (nSPS) is 14.2. The van der Waals surface area contributed by atoms with Gasteiger partial charge in [0.05, 0.1) is 17.6 Å². The van der Waals surface area contributed by atoms with Crippen LogP contribution in [0.2, 0.25) is 0 Å². The second-order valence-electron chi connectivity index (χ2n) is 4.80. The first-order valence-corrected chi connectivity index (χ1v) is 6.40. The third-order valence-corrected chi connectivity index (χ3v) is 3.44. The Morgan fingerprint density at radius 2 is 2.10 bits per heavy atom. The van der Waals surface area contributed by atoms with Crippen molar-refractivity contribution in [3.05, 3.63) is 53.8 Å². The van der Waals surface area contributed by atoms with Crippen molar-refractivity contribution in [1.82, 2.24) is 9.97 Å². The van der Waals surface area contributed by atoms with Crippen molar-refractivity contribution in [3.63, 3.8) is 0 Å². The molecule has 0 spiro atoms. The Morgan fingerprint density at radius 1 is 1.20 bits per heavy atom. The molecule has 1 aliphatic rings. The SMILES string of the molecule is Fc1ccc2c(c1)CN(c1nc3ccccc3[nH]1)CO2. The van der Waals surface area contributed by atoms with Crippen LogP contribution in [0.25, 0.3) is 11.0 Å². The van der Waals surface area contributed by atoms with Crippen molar-refractivity contribution in [2.45, 2.75) is 6.54 Å². The maximum Gasteiger partial charge on any atom is 0.206 e. The van der Waals surface area contributed by atoms with E-state index in [2.05, 4.69) is 9.97 Å². The molecule has 20 heavy (non-hydrogen) atoms. The summed E-state index contributed by atoms with van der Waals surface area (Å²) in [6.45, 7) is 0.978. The van der Waals surface area contributed by atoms with Crippen molar-refractivity contribution in [2.75, 3.05) is 11.6 Å². The Bertz CT molecular complexity index is 751. The molecule has 4 nitrogen and oxygen atoms in total. The third kappa shape index (κ3) is 1.79. The number of H-pyrrole nitrogens is 1. The summed E-state index contributed by atoms with van der Waals surface area (Å²) in [5.41, 5.74) is 2.72. The van der Waals surface area contributed by atoms with Crippen molar-refractivity contribution in [1.29, 1.82) is 0 Å². The number of halogens is 1. The number of aromatic amines is 1. The number of anilines is 1. The van der Waals surface area contributed by atoms with Gasteiger partial charge in [-0.1, -0.05) is 12.1 Å². The average molecular weight is 269 g/mol. The molecule has 0 atom stereocenters. The van der Waals surface area contributed by atoms with Crippen LogP contribution in [0.3, 0.4) is 0 Å². The molecule has 1 aromatic heterocycles.